The van der Waals surface area contributed by atoms with E-state index in [4.69, 9.17) is 4.74 Å². The average Bonchev–Trinajstić information content (AvgIpc) is 3.27. The van der Waals surface area contributed by atoms with Crippen molar-refractivity contribution in [3.63, 3.8) is 0 Å². The van der Waals surface area contributed by atoms with Gasteiger partial charge < -0.3 is 14.7 Å². The molecule has 5 heteroatoms. The fourth-order valence-corrected chi connectivity index (χ4v) is 3.52. The van der Waals surface area contributed by atoms with Gasteiger partial charge in [-0.1, -0.05) is 18.2 Å². The maximum absolute atomic E-state index is 12.6. The molecule has 124 valence electrons. The molecule has 1 aromatic carbocycles. The molecule has 1 heterocycles. The van der Waals surface area contributed by atoms with Gasteiger partial charge in [-0.05, 0) is 37.7 Å². The molecule has 1 amide bonds. The zero-order chi connectivity index (χ0) is 16.4. The largest absolute Gasteiger partial charge is 0.494 e. The fourth-order valence-electron chi connectivity index (χ4n) is 3.52. The van der Waals surface area contributed by atoms with E-state index in [9.17, 15) is 14.7 Å². The average molecular weight is 317 g/mol. The smallest absolute Gasteiger partial charge is 0.308 e. The molecule has 2 aliphatic rings. The first-order valence-electron chi connectivity index (χ1n) is 8.31. The predicted octanol–water partition coefficient (Wildman–Crippen LogP) is 2.20. The van der Waals surface area contributed by atoms with Crippen LogP contribution >= 0.6 is 0 Å². The van der Waals surface area contributed by atoms with Gasteiger partial charge in [-0.3, -0.25) is 9.59 Å². The van der Waals surface area contributed by atoms with Gasteiger partial charge in [0.1, 0.15) is 5.75 Å². The van der Waals surface area contributed by atoms with Crippen LogP contribution < -0.4 is 4.74 Å². The van der Waals surface area contributed by atoms with Gasteiger partial charge in [-0.2, -0.15) is 0 Å². The Morgan fingerprint density at radius 3 is 2.65 bits per heavy atom. The van der Waals surface area contributed by atoms with Crippen molar-refractivity contribution in [3.8, 4) is 5.75 Å². The van der Waals surface area contributed by atoms with Crippen LogP contribution in [0.15, 0.2) is 24.3 Å². The minimum absolute atomic E-state index is 0.00782. The summed E-state index contributed by atoms with van der Waals surface area (Å²) in [6.45, 7) is 3.39. The lowest BCUT2D eigenvalue weighted by molar-refractivity contribution is -0.142. The van der Waals surface area contributed by atoms with Crippen LogP contribution in [0.1, 0.15) is 25.3 Å². The number of likely N-dealkylation sites (tertiary alicyclic amines) is 1. The van der Waals surface area contributed by atoms with Crippen LogP contribution in [-0.2, 0) is 16.0 Å². The first-order chi connectivity index (χ1) is 11.1. The number of carbonyl (C=O) groups is 2. The Labute approximate surface area is 136 Å². The van der Waals surface area contributed by atoms with Crippen LogP contribution in [-0.4, -0.2) is 41.6 Å². The van der Waals surface area contributed by atoms with Gasteiger partial charge in [-0.25, -0.2) is 0 Å². The van der Waals surface area contributed by atoms with Gasteiger partial charge in [-0.15, -0.1) is 0 Å². The Kier molecular flexibility index (Phi) is 4.55. The number of ether oxygens (including phenoxy) is 1. The third-order valence-electron chi connectivity index (χ3n) is 4.88. The summed E-state index contributed by atoms with van der Waals surface area (Å²) in [5, 5.41) is 9.41. The van der Waals surface area contributed by atoms with Crippen molar-refractivity contribution in [2.75, 3.05) is 19.7 Å². The highest BCUT2D eigenvalue weighted by Gasteiger charge is 2.46. The molecule has 2 atom stereocenters. The lowest BCUT2D eigenvalue weighted by Crippen LogP contribution is -2.31. The van der Waals surface area contributed by atoms with E-state index in [1.54, 1.807) is 4.90 Å². The molecule has 1 saturated heterocycles. The van der Waals surface area contributed by atoms with Crippen LogP contribution in [0, 0.1) is 17.8 Å². The van der Waals surface area contributed by atoms with Crippen molar-refractivity contribution in [1.82, 2.24) is 4.90 Å². The lowest BCUT2D eigenvalue weighted by Gasteiger charge is -2.17. The highest BCUT2D eigenvalue weighted by atomic mass is 16.5. The molecule has 0 spiro atoms. The van der Waals surface area contributed by atoms with Gasteiger partial charge in [0.05, 0.1) is 18.9 Å². The number of rotatable bonds is 6. The zero-order valence-electron chi connectivity index (χ0n) is 13.4. The molecular formula is C18H23NO4. The molecular weight excluding hydrogens is 294 g/mol. The maximum atomic E-state index is 12.6. The van der Waals surface area contributed by atoms with E-state index in [1.807, 2.05) is 31.2 Å². The van der Waals surface area contributed by atoms with E-state index < -0.39 is 11.9 Å². The maximum Gasteiger partial charge on any atom is 0.308 e. The molecule has 23 heavy (non-hydrogen) atoms. The van der Waals surface area contributed by atoms with Gasteiger partial charge in [0.25, 0.3) is 0 Å². The number of benzene rings is 1. The highest BCUT2D eigenvalue weighted by Crippen LogP contribution is 2.44. The Morgan fingerprint density at radius 1 is 1.26 bits per heavy atom. The third kappa shape index (κ3) is 3.49. The molecule has 0 aromatic heterocycles. The Balaban J connectivity index is 1.68. The predicted molar refractivity (Wildman–Crippen MR) is 85.2 cm³/mol. The summed E-state index contributed by atoms with van der Waals surface area (Å²) >= 11 is 0. The van der Waals surface area contributed by atoms with Crippen molar-refractivity contribution in [3.05, 3.63) is 29.8 Å². The number of carboxylic acids is 1. The van der Waals surface area contributed by atoms with Gasteiger partial charge >= 0.3 is 5.97 Å². The van der Waals surface area contributed by atoms with E-state index >= 15 is 0 Å². The summed E-state index contributed by atoms with van der Waals surface area (Å²) in [5.74, 6) is 0.159. The van der Waals surface area contributed by atoms with Crippen LogP contribution in [0.5, 0.6) is 5.75 Å². The normalized spacial score (nSPS) is 23.8. The highest BCUT2D eigenvalue weighted by molar-refractivity contribution is 5.81. The molecule has 5 nitrogen and oxygen atoms in total. The third-order valence-corrected chi connectivity index (χ3v) is 4.88. The molecule has 0 bridgehead atoms. The van der Waals surface area contributed by atoms with Gasteiger partial charge in [0.2, 0.25) is 5.91 Å². The number of hydrogen-bond donors (Lipinski definition) is 1. The molecule has 1 aliphatic heterocycles. The number of amides is 1. The number of carbonyl (C=O) groups excluding carboxylic acids is 1. The summed E-state index contributed by atoms with van der Waals surface area (Å²) in [5.41, 5.74) is 0.862. The Hall–Kier alpha value is -2.04. The minimum Gasteiger partial charge on any atom is -0.494 e. The monoisotopic (exact) mass is 317 g/mol. The zero-order valence-corrected chi connectivity index (χ0v) is 13.4. The fraction of sp³-hybridized carbons (Fsp3) is 0.556. The molecule has 2 fully saturated rings. The second-order valence-corrected chi connectivity index (χ2v) is 6.46. The summed E-state index contributed by atoms with van der Waals surface area (Å²) in [6, 6.07) is 7.54. The number of aliphatic carboxylic acids is 1. The molecule has 1 aromatic rings. The summed E-state index contributed by atoms with van der Waals surface area (Å²) in [6.07, 6.45) is 2.47. The molecule has 3 rings (SSSR count). The number of para-hydroxylation sites is 1. The summed E-state index contributed by atoms with van der Waals surface area (Å²) < 4.78 is 5.56. The molecule has 0 unspecified atom stereocenters. The van der Waals surface area contributed by atoms with Crippen molar-refractivity contribution in [2.45, 2.75) is 26.2 Å². The molecule has 1 saturated carbocycles. The van der Waals surface area contributed by atoms with E-state index in [0.29, 0.717) is 25.6 Å². The minimum atomic E-state index is -0.771. The second kappa shape index (κ2) is 6.60. The molecule has 1 N–H and O–H groups in total. The second-order valence-electron chi connectivity index (χ2n) is 6.46. The van der Waals surface area contributed by atoms with Gasteiger partial charge in [0, 0.05) is 18.7 Å². The first-order valence-corrected chi connectivity index (χ1v) is 8.31. The van der Waals surface area contributed by atoms with Crippen molar-refractivity contribution >= 4 is 11.9 Å². The van der Waals surface area contributed by atoms with E-state index in [0.717, 1.165) is 24.2 Å². The van der Waals surface area contributed by atoms with E-state index in [1.165, 1.54) is 0 Å². The van der Waals surface area contributed by atoms with Crippen molar-refractivity contribution in [2.24, 2.45) is 17.8 Å². The molecule has 1 aliphatic carbocycles. The van der Waals surface area contributed by atoms with Crippen molar-refractivity contribution < 1.29 is 19.4 Å². The number of nitrogens with zero attached hydrogens (tertiary/aromatic N) is 1. The van der Waals surface area contributed by atoms with Crippen molar-refractivity contribution in [1.29, 1.82) is 0 Å². The topological polar surface area (TPSA) is 66.8 Å². The number of hydrogen-bond acceptors (Lipinski definition) is 3. The number of carboxylic acid groups (broad SMARTS) is 1. The standard InChI is InChI=1S/C18H23NO4/c1-2-23-16-6-4-3-5-13(16)9-17(20)19-10-14(12-7-8-12)15(11-19)18(21)22/h3-6,12,14-15H,2,7-11H2,1H3,(H,21,22)/t14-,15+/m1/s1. The SMILES string of the molecule is CCOc1ccccc1CC(=O)N1C[C@H](C(=O)O)[C@@H](C2CC2)C1. The van der Waals surface area contributed by atoms with E-state index in [-0.39, 0.29) is 18.2 Å². The van der Waals surface area contributed by atoms with Crippen LogP contribution in [0.25, 0.3) is 0 Å². The van der Waals surface area contributed by atoms with Crippen LogP contribution in [0.3, 0.4) is 0 Å². The summed E-state index contributed by atoms with van der Waals surface area (Å²) in [4.78, 5) is 25.8. The quantitative estimate of drug-likeness (QED) is 0.873. The van der Waals surface area contributed by atoms with E-state index in [2.05, 4.69) is 0 Å². The van der Waals surface area contributed by atoms with Gasteiger partial charge in [0.15, 0.2) is 0 Å². The Bertz CT molecular complexity index is 596. The van der Waals surface area contributed by atoms with Crippen LogP contribution in [0.2, 0.25) is 0 Å². The summed E-state index contributed by atoms with van der Waals surface area (Å²) in [7, 11) is 0. The Morgan fingerprint density at radius 2 is 2.00 bits per heavy atom. The lowest BCUT2D eigenvalue weighted by atomic mass is 9.92. The first kappa shape index (κ1) is 15.8. The van der Waals surface area contributed by atoms with Crippen LogP contribution in [0.4, 0.5) is 0 Å². The molecule has 0 radical (unpaired) electrons.